The van der Waals surface area contributed by atoms with Crippen molar-refractivity contribution in [3.8, 4) is 5.75 Å². The van der Waals surface area contributed by atoms with Crippen LogP contribution in [0, 0.1) is 0 Å². The highest BCUT2D eigenvalue weighted by Gasteiger charge is 2.27. The molecule has 9 heteroatoms. The Morgan fingerprint density at radius 2 is 1.79 bits per heavy atom. The van der Waals surface area contributed by atoms with E-state index in [0.29, 0.717) is 18.8 Å². The third-order valence-corrected chi connectivity index (χ3v) is 6.23. The number of nitrogens with one attached hydrogen (secondary N) is 1. The normalized spacial score (nSPS) is 14.6. The zero-order valence-electron chi connectivity index (χ0n) is 15.1. The van der Waals surface area contributed by atoms with Crippen LogP contribution < -0.4 is 15.8 Å². The second-order valence-electron chi connectivity index (χ2n) is 6.34. The van der Waals surface area contributed by atoms with E-state index < -0.39 is 21.8 Å². The third-order valence-electron chi connectivity index (χ3n) is 4.33. The predicted octanol–water partition coefficient (Wildman–Crippen LogP) is 1.59. The van der Waals surface area contributed by atoms with E-state index in [4.69, 9.17) is 10.5 Å². The highest BCUT2D eigenvalue weighted by atomic mass is 32.2. The topological polar surface area (TPSA) is 119 Å². The zero-order valence-corrected chi connectivity index (χ0v) is 15.9. The Labute approximate surface area is 163 Å². The molecule has 0 saturated carbocycles. The van der Waals surface area contributed by atoms with Gasteiger partial charge in [0.25, 0.3) is 11.8 Å². The number of carbonyl (C=O) groups is 2. The van der Waals surface area contributed by atoms with Crippen molar-refractivity contribution in [2.45, 2.75) is 17.7 Å². The van der Waals surface area contributed by atoms with Gasteiger partial charge in [-0.3, -0.25) is 9.59 Å². The Kier molecular flexibility index (Phi) is 5.96. The van der Waals surface area contributed by atoms with Gasteiger partial charge in [-0.1, -0.05) is 18.2 Å². The Bertz CT molecular complexity index is 985. The lowest BCUT2D eigenvalue weighted by Crippen LogP contribution is -2.28. The smallest absolute Gasteiger partial charge is 0.262 e. The zero-order chi connectivity index (χ0) is 20.1. The summed E-state index contributed by atoms with van der Waals surface area (Å²) in [5.41, 5.74) is 5.79. The van der Waals surface area contributed by atoms with Gasteiger partial charge >= 0.3 is 0 Å². The molecule has 0 aromatic heterocycles. The summed E-state index contributed by atoms with van der Waals surface area (Å²) >= 11 is 0. The van der Waals surface area contributed by atoms with Crippen LogP contribution in [-0.2, 0) is 14.8 Å². The van der Waals surface area contributed by atoms with Gasteiger partial charge in [-0.15, -0.1) is 0 Å². The number of para-hydroxylation sites is 1. The molecular formula is C19H21N3O5S. The van der Waals surface area contributed by atoms with Crippen molar-refractivity contribution in [1.29, 1.82) is 0 Å². The molecule has 2 amide bonds. The Balaban J connectivity index is 1.66. The summed E-state index contributed by atoms with van der Waals surface area (Å²) in [7, 11) is -3.57. The predicted molar refractivity (Wildman–Crippen MR) is 104 cm³/mol. The number of hydrogen-bond donors (Lipinski definition) is 2. The first-order chi connectivity index (χ1) is 13.4. The SMILES string of the molecule is NC(=O)c1ccccc1OCC(=O)Nc1cccc(S(=O)(=O)N2CCCC2)c1. The maximum atomic E-state index is 12.6. The number of anilines is 1. The minimum absolute atomic E-state index is 0.132. The minimum Gasteiger partial charge on any atom is -0.483 e. The molecule has 148 valence electrons. The van der Waals surface area contributed by atoms with Crippen LogP contribution in [0.2, 0.25) is 0 Å². The second kappa shape index (κ2) is 8.41. The molecule has 1 aliphatic rings. The van der Waals surface area contributed by atoms with Gasteiger partial charge in [0.2, 0.25) is 10.0 Å². The average molecular weight is 403 g/mol. The monoisotopic (exact) mass is 403 g/mol. The quantitative estimate of drug-likeness (QED) is 0.728. The van der Waals surface area contributed by atoms with Crippen molar-refractivity contribution < 1.29 is 22.7 Å². The molecule has 0 aliphatic carbocycles. The number of sulfonamides is 1. The lowest BCUT2D eigenvalue weighted by atomic mass is 10.2. The fourth-order valence-corrected chi connectivity index (χ4v) is 4.51. The van der Waals surface area contributed by atoms with Crippen molar-refractivity contribution in [2.24, 2.45) is 5.73 Å². The van der Waals surface area contributed by atoms with Crippen LogP contribution in [0.5, 0.6) is 5.75 Å². The molecule has 1 heterocycles. The average Bonchev–Trinajstić information content (AvgIpc) is 3.22. The molecule has 1 saturated heterocycles. The summed E-state index contributed by atoms with van der Waals surface area (Å²) in [4.78, 5) is 23.7. The number of nitrogens with zero attached hydrogens (tertiary/aromatic N) is 1. The lowest BCUT2D eigenvalue weighted by Gasteiger charge is -2.16. The van der Waals surface area contributed by atoms with Gasteiger partial charge < -0.3 is 15.8 Å². The van der Waals surface area contributed by atoms with Crippen molar-refractivity contribution in [1.82, 2.24) is 4.31 Å². The molecule has 8 nitrogen and oxygen atoms in total. The summed E-state index contributed by atoms with van der Waals surface area (Å²) in [6.45, 7) is 0.658. The lowest BCUT2D eigenvalue weighted by molar-refractivity contribution is -0.118. The number of hydrogen-bond acceptors (Lipinski definition) is 5. The molecule has 28 heavy (non-hydrogen) atoms. The summed E-state index contributed by atoms with van der Waals surface area (Å²) < 4.78 is 32.1. The largest absolute Gasteiger partial charge is 0.483 e. The van der Waals surface area contributed by atoms with Crippen LogP contribution in [0.25, 0.3) is 0 Å². The van der Waals surface area contributed by atoms with Gasteiger partial charge in [0.15, 0.2) is 6.61 Å². The first kappa shape index (κ1) is 19.8. The standard InChI is InChI=1S/C19H21N3O5S/c20-19(24)16-8-1-2-9-17(16)27-13-18(23)21-14-6-5-7-15(12-14)28(25,26)22-10-3-4-11-22/h1-2,5-9,12H,3-4,10-11,13H2,(H2,20,24)(H,21,23). The van der Waals surface area contributed by atoms with Crippen LogP contribution >= 0.6 is 0 Å². The van der Waals surface area contributed by atoms with Crippen molar-refractivity contribution in [3.63, 3.8) is 0 Å². The summed E-state index contributed by atoms with van der Waals surface area (Å²) in [5, 5.41) is 2.60. The number of amides is 2. The van der Waals surface area contributed by atoms with Crippen LogP contribution in [0.3, 0.4) is 0 Å². The molecule has 0 radical (unpaired) electrons. The van der Waals surface area contributed by atoms with E-state index >= 15 is 0 Å². The van der Waals surface area contributed by atoms with Gasteiger partial charge in [-0.25, -0.2) is 8.42 Å². The van der Waals surface area contributed by atoms with Crippen molar-refractivity contribution in [3.05, 3.63) is 54.1 Å². The van der Waals surface area contributed by atoms with E-state index in [9.17, 15) is 18.0 Å². The van der Waals surface area contributed by atoms with E-state index in [1.807, 2.05) is 0 Å². The van der Waals surface area contributed by atoms with Crippen LogP contribution in [0.4, 0.5) is 5.69 Å². The van der Waals surface area contributed by atoms with Gasteiger partial charge in [0, 0.05) is 18.8 Å². The van der Waals surface area contributed by atoms with Crippen LogP contribution in [0.1, 0.15) is 23.2 Å². The maximum absolute atomic E-state index is 12.6. The molecule has 3 rings (SSSR count). The summed E-state index contributed by atoms with van der Waals surface area (Å²) in [5.74, 6) is -0.943. The number of primary amides is 1. The number of nitrogens with two attached hydrogens (primary N) is 1. The molecule has 0 atom stereocenters. The summed E-state index contributed by atoms with van der Waals surface area (Å²) in [6.07, 6.45) is 1.69. The molecule has 0 bridgehead atoms. The maximum Gasteiger partial charge on any atom is 0.262 e. The molecule has 0 unspecified atom stereocenters. The first-order valence-corrected chi connectivity index (χ1v) is 10.2. The van der Waals surface area contributed by atoms with Gasteiger partial charge in [-0.05, 0) is 43.2 Å². The van der Waals surface area contributed by atoms with E-state index in [1.165, 1.54) is 28.6 Å². The fourth-order valence-electron chi connectivity index (χ4n) is 2.95. The Morgan fingerprint density at radius 1 is 1.07 bits per heavy atom. The van der Waals surface area contributed by atoms with E-state index in [-0.39, 0.29) is 22.8 Å². The second-order valence-corrected chi connectivity index (χ2v) is 8.27. The fraction of sp³-hybridized carbons (Fsp3) is 0.263. The molecular weight excluding hydrogens is 382 g/mol. The molecule has 2 aromatic rings. The van der Waals surface area contributed by atoms with Gasteiger partial charge in [0.05, 0.1) is 10.5 Å². The molecule has 1 aliphatic heterocycles. The van der Waals surface area contributed by atoms with Crippen LogP contribution in [-0.4, -0.2) is 44.2 Å². The highest BCUT2D eigenvalue weighted by molar-refractivity contribution is 7.89. The molecule has 1 fully saturated rings. The van der Waals surface area contributed by atoms with Crippen molar-refractivity contribution >= 4 is 27.5 Å². The number of carbonyl (C=O) groups excluding carboxylic acids is 2. The molecule has 3 N–H and O–H groups in total. The molecule has 2 aromatic carbocycles. The van der Waals surface area contributed by atoms with Gasteiger partial charge in [-0.2, -0.15) is 4.31 Å². The Hall–Kier alpha value is -2.91. The van der Waals surface area contributed by atoms with E-state index in [2.05, 4.69) is 5.32 Å². The highest BCUT2D eigenvalue weighted by Crippen LogP contribution is 2.23. The number of benzene rings is 2. The Morgan fingerprint density at radius 3 is 2.50 bits per heavy atom. The van der Waals surface area contributed by atoms with Crippen LogP contribution in [0.15, 0.2) is 53.4 Å². The van der Waals surface area contributed by atoms with Gasteiger partial charge in [0.1, 0.15) is 5.75 Å². The van der Waals surface area contributed by atoms with E-state index in [0.717, 1.165) is 12.8 Å². The number of rotatable bonds is 7. The first-order valence-electron chi connectivity index (χ1n) is 8.79. The molecule has 0 spiro atoms. The summed E-state index contributed by atoms with van der Waals surface area (Å²) in [6, 6.07) is 12.4. The van der Waals surface area contributed by atoms with E-state index in [1.54, 1.807) is 24.3 Å². The number of ether oxygens (including phenoxy) is 1. The third kappa shape index (κ3) is 4.49. The van der Waals surface area contributed by atoms with Crippen molar-refractivity contribution in [2.75, 3.05) is 25.0 Å². The minimum atomic E-state index is -3.57.